The molecule has 1 rings (SSSR count). The average molecular weight is 336 g/mol. The topological polar surface area (TPSA) is 44.5 Å². The molecular formula is C21H37NO2. The first-order valence-electron chi connectivity index (χ1n) is 9.46. The molecular weight excluding hydrogens is 298 g/mol. The largest absolute Gasteiger partial charge is 0.465 e. The fourth-order valence-corrected chi connectivity index (χ4v) is 2.70. The van der Waals surface area contributed by atoms with Gasteiger partial charge in [0.25, 0.3) is 0 Å². The second kappa shape index (κ2) is 10.0. The van der Waals surface area contributed by atoms with Crippen molar-refractivity contribution in [3.8, 4) is 5.75 Å². The molecule has 0 aromatic heterocycles. The summed E-state index contributed by atoms with van der Waals surface area (Å²) in [6, 6.07) is 8.21. The molecule has 138 valence electrons. The highest BCUT2D eigenvalue weighted by Gasteiger charge is 2.23. The van der Waals surface area contributed by atoms with Gasteiger partial charge in [-0.3, -0.25) is 0 Å². The molecule has 3 nitrogen and oxygen atoms in total. The highest BCUT2D eigenvalue weighted by molar-refractivity contribution is 5.29. The van der Waals surface area contributed by atoms with Gasteiger partial charge in [0.2, 0.25) is 6.29 Å². The summed E-state index contributed by atoms with van der Waals surface area (Å²) in [4.78, 5) is 0. The third kappa shape index (κ3) is 7.67. The van der Waals surface area contributed by atoms with Crippen LogP contribution in [0.5, 0.6) is 5.75 Å². The van der Waals surface area contributed by atoms with E-state index in [4.69, 9.17) is 15.2 Å². The lowest BCUT2D eigenvalue weighted by atomic mass is 9.92. The lowest BCUT2D eigenvalue weighted by molar-refractivity contribution is -0.137. The van der Waals surface area contributed by atoms with Crippen LogP contribution in [0, 0.1) is 5.41 Å². The highest BCUT2D eigenvalue weighted by Crippen LogP contribution is 2.27. The average Bonchev–Trinajstić information content (AvgIpc) is 2.52. The summed E-state index contributed by atoms with van der Waals surface area (Å²) in [5.74, 6) is 0.850. The predicted molar refractivity (Wildman–Crippen MR) is 102 cm³/mol. The third-order valence-corrected chi connectivity index (χ3v) is 4.20. The molecule has 1 aromatic rings. The molecule has 0 amide bonds. The Labute approximate surface area is 148 Å². The Morgan fingerprint density at radius 2 is 1.62 bits per heavy atom. The Balaban J connectivity index is 2.79. The fourth-order valence-electron chi connectivity index (χ4n) is 2.70. The van der Waals surface area contributed by atoms with Crippen LogP contribution in [-0.4, -0.2) is 12.4 Å². The van der Waals surface area contributed by atoms with Crippen molar-refractivity contribution in [2.24, 2.45) is 11.1 Å². The van der Waals surface area contributed by atoms with Gasteiger partial charge in [0.15, 0.2) is 0 Å². The number of nitrogens with two attached hydrogens (primary N) is 1. The van der Waals surface area contributed by atoms with Crippen molar-refractivity contribution in [3.63, 3.8) is 0 Å². The second-order valence-electron chi connectivity index (χ2n) is 7.85. The van der Waals surface area contributed by atoms with E-state index < -0.39 is 0 Å². The molecule has 0 spiro atoms. The third-order valence-electron chi connectivity index (χ3n) is 4.20. The van der Waals surface area contributed by atoms with E-state index in [1.807, 2.05) is 12.1 Å². The molecule has 3 atom stereocenters. The van der Waals surface area contributed by atoms with Gasteiger partial charge in [-0.25, -0.2) is 0 Å². The van der Waals surface area contributed by atoms with Crippen LogP contribution in [0.3, 0.4) is 0 Å². The van der Waals surface area contributed by atoms with Gasteiger partial charge in [0.05, 0.1) is 6.10 Å². The molecule has 24 heavy (non-hydrogen) atoms. The van der Waals surface area contributed by atoms with Gasteiger partial charge in [0, 0.05) is 12.5 Å². The quantitative estimate of drug-likeness (QED) is 0.547. The van der Waals surface area contributed by atoms with E-state index in [0.717, 1.165) is 43.4 Å². The molecule has 0 aliphatic rings. The van der Waals surface area contributed by atoms with E-state index in [1.165, 1.54) is 0 Å². The van der Waals surface area contributed by atoms with Crippen LogP contribution in [0.2, 0.25) is 0 Å². The van der Waals surface area contributed by atoms with Crippen molar-refractivity contribution in [1.82, 2.24) is 0 Å². The highest BCUT2D eigenvalue weighted by atomic mass is 16.7. The van der Waals surface area contributed by atoms with Gasteiger partial charge in [0.1, 0.15) is 5.75 Å². The van der Waals surface area contributed by atoms with Gasteiger partial charge < -0.3 is 15.2 Å². The zero-order valence-electron chi connectivity index (χ0n) is 16.5. The molecule has 2 N–H and O–H groups in total. The summed E-state index contributed by atoms with van der Waals surface area (Å²) >= 11 is 0. The van der Waals surface area contributed by atoms with Crippen molar-refractivity contribution in [2.75, 3.05) is 0 Å². The van der Waals surface area contributed by atoms with Crippen molar-refractivity contribution in [2.45, 2.75) is 92.1 Å². The first kappa shape index (κ1) is 21.0. The van der Waals surface area contributed by atoms with Gasteiger partial charge >= 0.3 is 0 Å². The lowest BCUT2D eigenvalue weighted by Gasteiger charge is -2.30. The van der Waals surface area contributed by atoms with Crippen LogP contribution in [-0.2, 0) is 4.74 Å². The smallest absolute Gasteiger partial charge is 0.200 e. The zero-order chi connectivity index (χ0) is 18.2. The van der Waals surface area contributed by atoms with Crippen molar-refractivity contribution < 1.29 is 9.47 Å². The minimum atomic E-state index is -0.216. The van der Waals surface area contributed by atoms with E-state index in [1.54, 1.807) is 0 Å². The van der Waals surface area contributed by atoms with Crippen LogP contribution in [0.25, 0.3) is 0 Å². The standard InChI is InChI=1S/C21H37NO2/c1-7-10-17(8-2)23-20(15-21(4,5)6)24-18-13-11-16(12-14-18)19(22)9-3/h11-14,17,19-20H,7-10,15,22H2,1-6H3. The van der Waals surface area contributed by atoms with E-state index >= 15 is 0 Å². The van der Waals surface area contributed by atoms with Crippen LogP contribution in [0.1, 0.15) is 85.3 Å². The van der Waals surface area contributed by atoms with Gasteiger partial charge in [-0.2, -0.15) is 0 Å². The molecule has 0 radical (unpaired) electrons. The van der Waals surface area contributed by atoms with Gasteiger partial charge in [-0.15, -0.1) is 0 Å². The molecule has 0 aliphatic carbocycles. The van der Waals surface area contributed by atoms with Crippen LogP contribution in [0.4, 0.5) is 0 Å². The van der Waals surface area contributed by atoms with Gasteiger partial charge in [-0.05, 0) is 42.4 Å². The Morgan fingerprint density at radius 3 is 2.08 bits per heavy atom. The second-order valence-corrected chi connectivity index (χ2v) is 7.85. The summed E-state index contributed by atoms with van der Waals surface area (Å²) in [6.07, 6.45) is 5.06. The number of hydrogen-bond acceptors (Lipinski definition) is 3. The summed E-state index contributed by atoms with van der Waals surface area (Å²) in [6.45, 7) is 13.1. The predicted octanol–water partition coefficient (Wildman–Crippen LogP) is 5.83. The number of benzene rings is 1. The number of hydrogen-bond donors (Lipinski definition) is 1. The Hall–Kier alpha value is -1.06. The molecule has 0 saturated heterocycles. The monoisotopic (exact) mass is 335 g/mol. The summed E-state index contributed by atoms with van der Waals surface area (Å²) < 4.78 is 12.4. The van der Waals surface area contributed by atoms with Crippen molar-refractivity contribution >= 4 is 0 Å². The molecule has 0 bridgehead atoms. The fraction of sp³-hybridized carbons (Fsp3) is 0.714. The summed E-state index contributed by atoms with van der Waals surface area (Å²) in [5, 5.41) is 0. The molecule has 0 fully saturated rings. The zero-order valence-corrected chi connectivity index (χ0v) is 16.5. The SMILES string of the molecule is CCCC(CC)OC(CC(C)(C)C)Oc1ccc(C(N)CC)cc1. The molecule has 0 heterocycles. The molecule has 0 saturated carbocycles. The minimum absolute atomic E-state index is 0.0923. The first-order chi connectivity index (χ1) is 11.3. The van der Waals surface area contributed by atoms with Gasteiger partial charge in [-0.1, -0.05) is 60.1 Å². The Kier molecular flexibility index (Phi) is 8.79. The van der Waals surface area contributed by atoms with E-state index in [2.05, 4.69) is 53.7 Å². The maximum absolute atomic E-state index is 6.27. The van der Waals surface area contributed by atoms with Crippen molar-refractivity contribution in [3.05, 3.63) is 29.8 Å². The maximum Gasteiger partial charge on any atom is 0.200 e. The number of ether oxygens (including phenoxy) is 2. The van der Waals surface area contributed by atoms with E-state index in [-0.39, 0.29) is 23.9 Å². The maximum atomic E-state index is 6.27. The molecule has 0 aliphatic heterocycles. The number of rotatable bonds is 10. The molecule has 3 heteroatoms. The van der Waals surface area contributed by atoms with E-state index in [0.29, 0.717) is 0 Å². The van der Waals surface area contributed by atoms with Crippen LogP contribution < -0.4 is 10.5 Å². The Bertz CT molecular complexity index is 450. The normalized spacial score (nSPS) is 15.8. The summed E-state index contributed by atoms with van der Waals surface area (Å²) in [7, 11) is 0. The van der Waals surface area contributed by atoms with E-state index in [9.17, 15) is 0 Å². The molecule has 3 unspecified atom stereocenters. The first-order valence-corrected chi connectivity index (χ1v) is 9.46. The minimum Gasteiger partial charge on any atom is -0.465 e. The summed E-state index contributed by atoms with van der Waals surface area (Å²) in [5.41, 5.74) is 7.38. The Morgan fingerprint density at radius 1 is 1.00 bits per heavy atom. The van der Waals surface area contributed by atoms with Crippen molar-refractivity contribution in [1.29, 1.82) is 0 Å². The van der Waals surface area contributed by atoms with Crippen LogP contribution >= 0.6 is 0 Å². The van der Waals surface area contributed by atoms with Crippen LogP contribution in [0.15, 0.2) is 24.3 Å². The lowest BCUT2D eigenvalue weighted by Crippen LogP contribution is -2.31. The molecule has 1 aromatic carbocycles.